The maximum absolute atomic E-state index is 14.8. The number of carbonyl (C=O) groups excluding carboxylic acids is 1. The van der Waals surface area contributed by atoms with Crippen LogP contribution in [-0.4, -0.2) is 232 Å². The molecule has 0 spiro atoms. The first-order valence-electron chi connectivity index (χ1n) is 27.8. The fraction of sp³-hybridized carbons (Fsp3) is 0.926. The van der Waals surface area contributed by atoms with Gasteiger partial charge in [0.15, 0.2) is 25.0 Å². The second kappa shape index (κ2) is 21.8. The number of aliphatic hydroxyl groups excluding tert-OH is 13. The quantitative estimate of drug-likeness (QED) is 0.0574. The van der Waals surface area contributed by atoms with E-state index in [1.165, 1.54) is 5.57 Å². The number of carboxylic acids is 1. The van der Waals surface area contributed by atoms with Gasteiger partial charge in [-0.3, -0.25) is 4.79 Å². The number of ether oxygens (including phenoxy) is 8. The standard InChI is InChI=1S/C54H86O24/c1-49(2)14-16-54(48(70)78-46-38(66)35(63)32(60)26(21-57)73-46)17-15-52(6)22(23(54)18-49)8-9-28-51(5)12-11-29(50(3,4)27(51)10-13-53(28,52)7)74-47-41(76-45-37(65)34(62)31(59)25(20-56)72-45)39(67)40(42(77-47)43(68)69)75-44-36(64)33(61)30(58)24(19-55)71-44/h8,23-42,44-47,55-67H,9-21H2,1-7H3,(H,68,69)/t23-,24+,25+,26+,27?,28?,29-,30+,31-,32+,33-,34-,35-,36+,37+,38+,39-,40-,41+,42-,44-,45-,46-,47+,51-,52+,53+,54-/m0/s1. The summed E-state index contributed by atoms with van der Waals surface area (Å²) < 4.78 is 47.8. The summed E-state index contributed by atoms with van der Waals surface area (Å²) in [4.78, 5) is 27.9. The minimum atomic E-state index is -2.10. The Balaban J connectivity index is 0.987. The van der Waals surface area contributed by atoms with Gasteiger partial charge in [-0.15, -0.1) is 0 Å². The molecule has 78 heavy (non-hydrogen) atoms. The third-order valence-corrected chi connectivity index (χ3v) is 21.4. The van der Waals surface area contributed by atoms with Gasteiger partial charge in [-0.05, 0) is 109 Å². The number of aliphatic hydroxyl groups is 13. The van der Waals surface area contributed by atoms with E-state index in [1.54, 1.807) is 0 Å². The first-order chi connectivity index (χ1) is 36.5. The molecule has 0 aromatic carbocycles. The largest absolute Gasteiger partial charge is 0.479 e. The number of hydrogen-bond donors (Lipinski definition) is 14. The number of allylic oxidation sites excluding steroid dienone is 2. The molecule has 4 heterocycles. The topological polar surface area (TPSA) is 391 Å². The van der Waals surface area contributed by atoms with Crippen molar-refractivity contribution < 1.29 is 119 Å². The van der Waals surface area contributed by atoms with E-state index in [0.717, 1.165) is 19.3 Å². The summed E-state index contributed by atoms with van der Waals surface area (Å²) in [7, 11) is 0. The molecule has 5 aliphatic carbocycles. The van der Waals surface area contributed by atoms with Crippen LogP contribution in [0.4, 0.5) is 0 Å². The molecule has 0 aromatic rings. The lowest BCUT2D eigenvalue weighted by Crippen LogP contribution is -2.68. The average molecular weight is 1120 g/mol. The summed E-state index contributed by atoms with van der Waals surface area (Å²) in [5.74, 6) is -2.30. The lowest BCUT2D eigenvalue weighted by molar-refractivity contribution is -0.391. The zero-order chi connectivity index (χ0) is 57.1. The molecule has 0 radical (unpaired) electrons. The van der Waals surface area contributed by atoms with Gasteiger partial charge in [0.1, 0.15) is 91.6 Å². The van der Waals surface area contributed by atoms with Crippen LogP contribution in [0.25, 0.3) is 0 Å². The van der Waals surface area contributed by atoms with E-state index in [0.29, 0.717) is 44.9 Å². The predicted molar refractivity (Wildman–Crippen MR) is 263 cm³/mol. The first-order valence-corrected chi connectivity index (χ1v) is 27.8. The number of rotatable bonds is 12. The van der Waals surface area contributed by atoms with E-state index < -0.39 is 172 Å². The molecule has 0 bridgehead atoms. The van der Waals surface area contributed by atoms with Crippen LogP contribution in [0.15, 0.2) is 11.6 Å². The molecule has 446 valence electrons. The maximum Gasteiger partial charge on any atom is 0.335 e. The fourth-order valence-electron chi connectivity index (χ4n) is 16.5. The summed E-state index contributed by atoms with van der Waals surface area (Å²) in [6.45, 7) is 13.2. The van der Waals surface area contributed by atoms with Crippen LogP contribution in [0.3, 0.4) is 0 Å². The van der Waals surface area contributed by atoms with Crippen molar-refractivity contribution in [2.24, 2.45) is 50.2 Å². The molecule has 9 rings (SSSR count). The van der Waals surface area contributed by atoms with Crippen molar-refractivity contribution in [3.8, 4) is 0 Å². The van der Waals surface area contributed by atoms with Gasteiger partial charge < -0.3 is 109 Å². The smallest absolute Gasteiger partial charge is 0.335 e. The number of carbonyl (C=O) groups is 2. The predicted octanol–water partition coefficient (Wildman–Crippen LogP) is -1.94. The van der Waals surface area contributed by atoms with Crippen LogP contribution in [-0.2, 0) is 47.5 Å². The molecule has 28 atom stereocenters. The van der Waals surface area contributed by atoms with Crippen molar-refractivity contribution in [2.75, 3.05) is 19.8 Å². The molecule has 14 N–H and O–H groups in total. The van der Waals surface area contributed by atoms with Gasteiger partial charge in [-0.1, -0.05) is 60.1 Å². The summed E-state index contributed by atoms with van der Waals surface area (Å²) in [5.41, 5.74) is -1.51. The zero-order valence-electron chi connectivity index (χ0n) is 45.5. The van der Waals surface area contributed by atoms with Crippen LogP contribution in [0, 0.1) is 50.2 Å². The molecule has 4 saturated heterocycles. The van der Waals surface area contributed by atoms with E-state index in [2.05, 4.69) is 54.5 Å². The van der Waals surface area contributed by atoms with Crippen LogP contribution in [0.2, 0.25) is 0 Å². The highest BCUT2D eigenvalue weighted by atomic mass is 16.8. The Morgan fingerprint density at radius 3 is 1.60 bits per heavy atom. The minimum absolute atomic E-state index is 0.0129. The lowest BCUT2D eigenvalue weighted by atomic mass is 9.33. The minimum Gasteiger partial charge on any atom is -0.479 e. The highest BCUT2D eigenvalue weighted by Crippen LogP contribution is 2.76. The van der Waals surface area contributed by atoms with Gasteiger partial charge in [0.25, 0.3) is 0 Å². The summed E-state index contributed by atoms with van der Waals surface area (Å²) in [6.07, 6.45) is -27.8. The maximum atomic E-state index is 14.8. The number of aliphatic carboxylic acids is 1. The fourth-order valence-corrected chi connectivity index (χ4v) is 16.5. The molecule has 24 heteroatoms. The van der Waals surface area contributed by atoms with E-state index in [1.807, 2.05) is 0 Å². The molecule has 4 aliphatic heterocycles. The molecular weight excluding hydrogens is 1030 g/mol. The summed E-state index contributed by atoms with van der Waals surface area (Å²) in [5, 5.41) is 149. The Morgan fingerprint density at radius 1 is 0.551 bits per heavy atom. The highest BCUT2D eigenvalue weighted by Gasteiger charge is 2.70. The molecule has 0 aromatic heterocycles. The summed E-state index contributed by atoms with van der Waals surface area (Å²) >= 11 is 0. The van der Waals surface area contributed by atoms with Crippen molar-refractivity contribution in [1.29, 1.82) is 0 Å². The third kappa shape index (κ3) is 9.72. The van der Waals surface area contributed by atoms with Crippen LogP contribution in [0.1, 0.15) is 113 Å². The van der Waals surface area contributed by atoms with Crippen molar-refractivity contribution in [1.82, 2.24) is 0 Å². The molecule has 4 saturated carbocycles. The zero-order valence-corrected chi connectivity index (χ0v) is 45.5. The molecular formula is C54H86O24. The number of fused-ring (bicyclic) bond motifs is 7. The number of hydrogen-bond acceptors (Lipinski definition) is 23. The van der Waals surface area contributed by atoms with Gasteiger partial charge in [-0.25, -0.2) is 4.79 Å². The van der Waals surface area contributed by atoms with Crippen LogP contribution < -0.4 is 0 Å². The SMILES string of the molecule is CC1(C)CC[C@]2(C(=O)O[C@@H]3O[C@H](CO)[C@@H](O)[C@H](O)[C@H]3O)CC[C@]3(C)C(=CCC4[C@@]5(C)CC[C@H](O[C@@H]6O[C@H](C(=O)O)[C@@H](O[C@@H]7O[C@H](CO)[C@@H](O)[C@H](O)[C@H]7O)[C@H](O)[C@H]6O[C@@H]6O[C@H](CO)[C@H](O)[C@H](O)[C@H]6O)C(C)(C)C5CC[C@]43C)[C@@H]2C1. The monoisotopic (exact) mass is 1120 g/mol. The number of esters is 1. The van der Waals surface area contributed by atoms with E-state index in [-0.39, 0.29) is 39.4 Å². The first kappa shape index (κ1) is 60.5. The van der Waals surface area contributed by atoms with Crippen molar-refractivity contribution in [3.63, 3.8) is 0 Å². The average Bonchev–Trinajstić information content (AvgIpc) is 2.51. The van der Waals surface area contributed by atoms with Gasteiger partial charge >= 0.3 is 11.9 Å². The van der Waals surface area contributed by atoms with Crippen molar-refractivity contribution >= 4 is 11.9 Å². The van der Waals surface area contributed by atoms with Crippen molar-refractivity contribution in [3.05, 3.63) is 11.6 Å². The van der Waals surface area contributed by atoms with Crippen LogP contribution in [0.5, 0.6) is 0 Å². The van der Waals surface area contributed by atoms with E-state index in [4.69, 9.17) is 37.9 Å². The Hall–Kier alpha value is -2.12. The lowest BCUT2D eigenvalue weighted by Gasteiger charge is -2.71. The normalized spacial score (nSPS) is 52.8. The molecule has 0 amide bonds. The summed E-state index contributed by atoms with van der Waals surface area (Å²) in [6, 6.07) is 0. The highest BCUT2D eigenvalue weighted by molar-refractivity contribution is 5.79. The Kier molecular flexibility index (Phi) is 16.9. The van der Waals surface area contributed by atoms with E-state index in [9.17, 15) is 81.1 Å². The van der Waals surface area contributed by atoms with Crippen molar-refractivity contribution in [2.45, 2.75) is 242 Å². The van der Waals surface area contributed by atoms with E-state index >= 15 is 0 Å². The van der Waals surface area contributed by atoms with Gasteiger partial charge in [-0.2, -0.15) is 0 Å². The molecule has 8 fully saturated rings. The molecule has 9 aliphatic rings. The third-order valence-electron chi connectivity index (χ3n) is 21.4. The molecule has 24 nitrogen and oxygen atoms in total. The number of carboxylic acid groups (broad SMARTS) is 1. The van der Waals surface area contributed by atoms with Gasteiger partial charge in [0, 0.05) is 0 Å². The Labute approximate surface area is 453 Å². The van der Waals surface area contributed by atoms with Gasteiger partial charge in [0.05, 0.1) is 31.3 Å². The van der Waals surface area contributed by atoms with Crippen LogP contribution >= 0.6 is 0 Å². The Morgan fingerprint density at radius 2 is 1.06 bits per heavy atom. The Bertz CT molecular complexity index is 2190. The second-order valence-corrected chi connectivity index (χ2v) is 26.3. The van der Waals surface area contributed by atoms with Gasteiger partial charge in [0.2, 0.25) is 6.29 Å². The second-order valence-electron chi connectivity index (χ2n) is 26.3. The molecule has 2 unspecified atom stereocenters.